The van der Waals surface area contributed by atoms with E-state index >= 15 is 0 Å². The summed E-state index contributed by atoms with van der Waals surface area (Å²) in [6, 6.07) is 9.45. The molecule has 2 N–H and O–H groups in total. The Balaban J connectivity index is 0.00000133. The van der Waals surface area contributed by atoms with Crippen molar-refractivity contribution in [1.29, 1.82) is 0 Å². The van der Waals surface area contributed by atoms with Crippen LogP contribution in [0, 0.1) is 0 Å². The molecule has 0 aliphatic carbocycles. The average molecular weight is 367 g/mol. The monoisotopic (exact) mass is 367 g/mol. The Morgan fingerprint density at radius 3 is 2.95 bits per heavy atom. The molecule has 3 aromatic rings. The molecule has 0 unspecified atom stereocenters. The first-order chi connectivity index (χ1) is 8.76. The maximum Gasteiger partial charge on any atom is 0.233 e. The first-order valence-corrected chi connectivity index (χ1v) is 5.92. The second kappa shape index (κ2) is 5.56. The predicted molar refractivity (Wildman–Crippen MR) is 69.7 cm³/mol. The highest BCUT2D eigenvalue weighted by Crippen LogP contribution is 2.24. The minimum atomic E-state index is 0. The molecular weight excluding hydrogens is 353 g/mol. The van der Waals surface area contributed by atoms with Gasteiger partial charge in [0.2, 0.25) is 5.89 Å². The molecule has 0 spiro atoms. The summed E-state index contributed by atoms with van der Waals surface area (Å²) < 4.78 is 7.81. The van der Waals surface area contributed by atoms with E-state index in [2.05, 4.69) is 16.5 Å². The molecule has 3 rings (SSSR count). The van der Waals surface area contributed by atoms with E-state index in [4.69, 9.17) is 10.2 Å². The third-order valence-electron chi connectivity index (χ3n) is 2.88. The molecule has 98 valence electrons. The zero-order valence-corrected chi connectivity index (χ0v) is 12.7. The van der Waals surface area contributed by atoms with Crippen LogP contribution in [-0.4, -0.2) is 4.98 Å². The number of anilines is 1. The number of pyridine rings is 1. The van der Waals surface area contributed by atoms with Crippen molar-refractivity contribution < 1.29 is 33.0 Å². The van der Waals surface area contributed by atoms with Crippen molar-refractivity contribution in [3.63, 3.8) is 0 Å². The van der Waals surface area contributed by atoms with Gasteiger partial charge in [-0.2, -0.15) is 0 Å². The van der Waals surface area contributed by atoms with Crippen molar-refractivity contribution in [2.45, 2.75) is 13.5 Å². The molecule has 4 nitrogen and oxygen atoms in total. The van der Waals surface area contributed by atoms with Gasteiger partial charge in [-0.25, -0.2) is 9.55 Å². The zero-order chi connectivity index (χ0) is 12.5. The number of hydrogen-bond donors (Lipinski definition) is 1. The highest BCUT2D eigenvalue weighted by Gasteiger charge is 2.11. The van der Waals surface area contributed by atoms with Crippen LogP contribution in [0.1, 0.15) is 6.92 Å². The largest absolute Gasteiger partial charge is 1.00 e. The van der Waals surface area contributed by atoms with Crippen LogP contribution in [-0.2, 0) is 6.54 Å². The number of halogens is 1. The lowest BCUT2D eigenvalue weighted by Crippen LogP contribution is -3.00. The van der Waals surface area contributed by atoms with Gasteiger partial charge >= 0.3 is 0 Å². The van der Waals surface area contributed by atoms with E-state index in [1.54, 1.807) is 0 Å². The van der Waals surface area contributed by atoms with E-state index in [-0.39, 0.29) is 24.0 Å². The Bertz CT molecular complexity index is 709. The number of nitrogens with zero attached hydrogens (tertiary/aromatic N) is 2. The van der Waals surface area contributed by atoms with Gasteiger partial charge in [-0.15, -0.1) is 0 Å². The number of hydrogen-bond acceptors (Lipinski definition) is 3. The minimum absolute atomic E-state index is 0. The number of nitrogen functional groups attached to an aromatic ring is 1. The number of rotatable bonds is 2. The highest BCUT2D eigenvalue weighted by atomic mass is 127. The quantitative estimate of drug-likeness (QED) is 0.374. The SMILES string of the molecule is CC[n+]1cccc(-c2nc3cc(N)ccc3o2)c1.[I-]. The Morgan fingerprint density at radius 1 is 1.32 bits per heavy atom. The van der Waals surface area contributed by atoms with Gasteiger partial charge in [-0.05, 0) is 31.2 Å². The number of oxazole rings is 1. The molecule has 0 radical (unpaired) electrons. The lowest BCUT2D eigenvalue weighted by atomic mass is 10.3. The van der Waals surface area contributed by atoms with Crippen LogP contribution in [0.3, 0.4) is 0 Å². The molecule has 2 heterocycles. The number of benzene rings is 1. The molecule has 0 fully saturated rings. The van der Waals surface area contributed by atoms with Crippen LogP contribution in [0.5, 0.6) is 0 Å². The maximum atomic E-state index is 5.73. The summed E-state index contributed by atoms with van der Waals surface area (Å²) in [5, 5.41) is 0. The number of nitrogens with two attached hydrogens (primary N) is 1. The summed E-state index contributed by atoms with van der Waals surface area (Å²) in [5.74, 6) is 0.624. The Hall–Kier alpha value is -1.63. The molecule has 1 aromatic carbocycles. The van der Waals surface area contributed by atoms with Crippen LogP contribution in [0.4, 0.5) is 5.69 Å². The predicted octanol–water partition coefficient (Wildman–Crippen LogP) is -0.612. The summed E-state index contributed by atoms with van der Waals surface area (Å²) in [6.07, 6.45) is 4.04. The second-order valence-corrected chi connectivity index (χ2v) is 4.17. The van der Waals surface area contributed by atoms with E-state index in [1.165, 1.54) is 0 Å². The average Bonchev–Trinajstić information content (AvgIpc) is 2.81. The van der Waals surface area contributed by atoms with Crippen LogP contribution < -0.4 is 34.3 Å². The van der Waals surface area contributed by atoms with Crippen LogP contribution >= 0.6 is 0 Å². The molecule has 0 atom stereocenters. The number of fused-ring (bicyclic) bond motifs is 1. The standard InChI is InChI=1S/C14H14N3O.HI/c1-2-17-7-3-4-10(9-17)14-16-12-8-11(15)5-6-13(12)18-14;/h3-9H,2,15H2,1H3;1H/q+1;/p-1. The fraction of sp³-hybridized carbons (Fsp3) is 0.143. The molecule has 19 heavy (non-hydrogen) atoms. The Kier molecular flexibility index (Phi) is 4.04. The fourth-order valence-corrected chi connectivity index (χ4v) is 1.91. The molecule has 0 bridgehead atoms. The van der Waals surface area contributed by atoms with Gasteiger partial charge in [0.25, 0.3) is 0 Å². The van der Waals surface area contributed by atoms with Crippen LogP contribution in [0.25, 0.3) is 22.6 Å². The van der Waals surface area contributed by atoms with Crippen LogP contribution in [0.2, 0.25) is 0 Å². The van der Waals surface area contributed by atoms with E-state index in [9.17, 15) is 0 Å². The summed E-state index contributed by atoms with van der Waals surface area (Å²) in [4.78, 5) is 4.46. The Morgan fingerprint density at radius 2 is 2.16 bits per heavy atom. The number of aromatic nitrogens is 2. The van der Waals surface area contributed by atoms with Crippen molar-refractivity contribution >= 4 is 16.8 Å². The van der Waals surface area contributed by atoms with E-state index < -0.39 is 0 Å². The summed E-state index contributed by atoms with van der Waals surface area (Å²) in [5.41, 5.74) is 8.94. The first kappa shape index (κ1) is 13.8. The Labute approximate surface area is 128 Å². The van der Waals surface area contributed by atoms with Crippen molar-refractivity contribution in [2.75, 3.05) is 5.73 Å². The van der Waals surface area contributed by atoms with Crippen molar-refractivity contribution in [1.82, 2.24) is 4.98 Å². The zero-order valence-electron chi connectivity index (χ0n) is 10.5. The van der Waals surface area contributed by atoms with Gasteiger partial charge in [-0.1, -0.05) is 0 Å². The molecule has 0 saturated carbocycles. The van der Waals surface area contributed by atoms with Crippen molar-refractivity contribution in [2.24, 2.45) is 0 Å². The normalized spacial score (nSPS) is 10.4. The van der Waals surface area contributed by atoms with Gasteiger partial charge < -0.3 is 34.1 Å². The van der Waals surface area contributed by atoms with Gasteiger partial charge in [-0.3, -0.25) is 0 Å². The summed E-state index contributed by atoms with van der Waals surface area (Å²) in [6.45, 7) is 3.01. The van der Waals surface area contributed by atoms with Gasteiger partial charge in [0, 0.05) is 11.8 Å². The molecular formula is C14H14IN3O. The highest BCUT2D eigenvalue weighted by molar-refractivity contribution is 5.79. The first-order valence-electron chi connectivity index (χ1n) is 5.92. The number of aryl methyl sites for hydroxylation is 1. The summed E-state index contributed by atoms with van der Waals surface area (Å²) in [7, 11) is 0. The third-order valence-corrected chi connectivity index (χ3v) is 2.88. The lowest BCUT2D eigenvalue weighted by Gasteiger charge is -1.94. The lowest BCUT2D eigenvalue weighted by molar-refractivity contribution is -0.693. The summed E-state index contributed by atoms with van der Waals surface area (Å²) >= 11 is 0. The van der Waals surface area contributed by atoms with E-state index in [0.717, 1.165) is 23.2 Å². The minimum Gasteiger partial charge on any atom is -1.00 e. The van der Waals surface area contributed by atoms with Crippen LogP contribution in [0.15, 0.2) is 47.1 Å². The fourth-order valence-electron chi connectivity index (χ4n) is 1.91. The molecule has 2 aromatic heterocycles. The van der Waals surface area contributed by atoms with E-state index in [0.29, 0.717) is 11.6 Å². The van der Waals surface area contributed by atoms with Gasteiger partial charge in [0.05, 0.1) is 0 Å². The third kappa shape index (κ3) is 2.70. The van der Waals surface area contributed by atoms with E-state index in [1.807, 2.05) is 42.7 Å². The molecule has 0 saturated heterocycles. The second-order valence-electron chi connectivity index (χ2n) is 4.17. The molecule has 0 aliphatic rings. The molecule has 0 aliphatic heterocycles. The topological polar surface area (TPSA) is 55.9 Å². The maximum absolute atomic E-state index is 5.73. The molecule has 5 heteroatoms. The smallest absolute Gasteiger partial charge is 0.233 e. The van der Waals surface area contributed by atoms with Gasteiger partial charge in [0.15, 0.2) is 18.0 Å². The molecule has 0 amide bonds. The van der Waals surface area contributed by atoms with Gasteiger partial charge in [0.1, 0.15) is 17.6 Å². The van der Waals surface area contributed by atoms with Crippen molar-refractivity contribution in [3.05, 3.63) is 42.7 Å². The van der Waals surface area contributed by atoms with Crippen molar-refractivity contribution in [3.8, 4) is 11.5 Å².